The summed E-state index contributed by atoms with van der Waals surface area (Å²) < 4.78 is 39.3. The predicted molar refractivity (Wildman–Crippen MR) is 122 cm³/mol. The fraction of sp³-hybridized carbons (Fsp3) is 0.375. The molecule has 1 saturated heterocycles. The van der Waals surface area contributed by atoms with Gasteiger partial charge in [-0.2, -0.15) is 0 Å². The third kappa shape index (κ3) is 4.52. The molecule has 0 saturated carbocycles. The lowest BCUT2D eigenvalue weighted by Crippen LogP contribution is -2.41. The van der Waals surface area contributed by atoms with E-state index in [-0.39, 0.29) is 16.7 Å². The molecule has 0 bridgehead atoms. The Kier molecular flexibility index (Phi) is 6.26. The Balaban J connectivity index is 1.34. The van der Waals surface area contributed by atoms with Gasteiger partial charge in [0, 0.05) is 25.0 Å². The van der Waals surface area contributed by atoms with Gasteiger partial charge in [-0.15, -0.1) is 0 Å². The normalized spacial score (nSPS) is 15.3. The minimum absolute atomic E-state index is 0.121. The Morgan fingerprint density at radius 3 is 2.41 bits per heavy atom. The van der Waals surface area contributed by atoms with Gasteiger partial charge in [0.2, 0.25) is 10.0 Å². The lowest BCUT2D eigenvalue weighted by molar-refractivity contribution is 0.0662. The third-order valence-electron chi connectivity index (χ3n) is 6.05. The van der Waals surface area contributed by atoms with E-state index in [2.05, 4.69) is 4.72 Å². The lowest BCUT2D eigenvalue weighted by Gasteiger charge is -2.31. The van der Waals surface area contributed by atoms with Gasteiger partial charge >= 0.3 is 0 Å². The van der Waals surface area contributed by atoms with Crippen molar-refractivity contribution >= 4 is 26.9 Å². The summed E-state index contributed by atoms with van der Waals surface area (Å²) in [6.07, 6.45) is 1.46. The number of rotatable bonds is 6. The van der Waals surface area contributed by atoms with Crippen LogP contribution in [-0.4, -0.2) is 46.0 Å². The number of sulfonamides is 1. The van der Waals surface area contributed by atoms with Crippen molar-refractivity contribution in [1.29, 1.82) is 0 Å². The fourth-order valence-electron chi connectivity index (χ4n) is 4.28. The molecule has 8 heteroatoms. The zero-order chi connectivity index (χ0) is 22.9. The van der Waals surface area contributed by atoms with E-state index in [0.29, 0.717) is 36.7 Å². The van der Waals surface area contributed by atoms with Crippen LogP contribution in [0.5, 0.6) is 5.75 Å². The van der Waals surface area contributed by atoms with Crippen molar-refractivity contribution < 1.29 is 22.4 Å². The maximum atomic E-state index is 12.8. The standard InChI is InChI=1S/C24H28N2O5S/c1-16-12-20(13-17(2)23(16)30-3)32(28,29)25-15-18-8-10-26(11-9-18)24(27)22-14-19-6-4-5-7-21(19)31-22/h4-7,12-14,18,25H,8-11,15H2,1-3H3. The Bertz CT molecular complexity index is 1180. The number of fused-ring (bicyclic) bond motifs is 1. The molecule has 2 aromatic carbocycles. The number of piperidine rings is 1. The van der Waals surface area contributed by atoms with E-state index in [1.165, 1.54) is 0 Å². The minimum Gasteiger partial charge on any atom is -0.496 e. The highest BCUT2D eigenvalue weighted by Crippen LogP contribution is 2.27. The average Bonchev–Trinajstić information content (AvgIpc) is 3.22. The van der Waals surface area contributed by atoms with Gasteiger partial charge in [0.15, 0.2) is 5.76 Å². The highest BCUT2D eigenvalue weighted by atomic mass is 32.2. The van der Waals surface area contributed by atoms with Gasteiger partial charge in [-0.1, -0.05) is 18.2 Å². The summed E-state index contributed by atoms with van der Waals surface area (Å²) in [4.78, 5) is 14.8. The molecule has 170 valence electrons. The molecular formula is C24H28N2O5S. The summed E-state index contributed by atoms with van der Waals surface area (Å²) in [6, 6.07) is 12.6. The van der Waals surface area contributed by atoms with Crippen LogP contribution in [0, 0.1) is 19.8 Å². The number of likely N-dealkylation sites (tertiary alicyclic amines) is 1. The summed E-state index contributed by atoms with van der Waals surface area (Å²) in [5.74, 6) is 1.09. The summed E-state index contributed by atoms with van der Waals surface area (Å²) >= 11 is 0. The molecule has 1 N–H and O–H groups in total. The van der Waals surface area contributed by atoms with E-state index in [1.54, 1.807) is 30.2 Å². The van der Waals surface area contributed by atoms with E-state index in [9.17, 15) is 13.2 Å². The molecule has 32 heavy (non-hydrogen) atoms. The second kappa shape index (κ2) is 8.96. The fourth-order valence-corrected chi connectivity index (χ4v) is 5.57. The van der Waals surface area contributed by atoms with E-state index >= 15 is 0 Å². The number of carbonyl (C=O) groups excluding carboxylic acids is 1. The van der Waals surface area contributed by atoms with E-state index in [1.807, 2.05) is 38.1 Å². The first-order valence-electron chi connectivity index (χ1n) is 10.7. The molecule has 7 nitrogen and oxygen atoms in total. The highest BCUT2D eigenvalue weighted by molar-refractivity contribution is 7.89. The third-order valence-corrected chi connectivity index (χ3v) is 7.45. The van der Waals surface area contributed by atoms with Crippen molar-refractivity contribution in [2.45, 2.75) is 31.6 Å². The van der Waals surface area contributed by atoms with Gasteiger partial charge in [0.25, 0.3) is 5.91 Å². The van der Waals surface area contributed by atoms with Gasteiger partial charge in [0.1, 0.15) is 11.3 Å². The maximum Gasteiger partial charge on any atom is 0.289 e. The molecule has 1 aromatic heterocycles. The van der Waals surface area contributed by atoms with E-state index in [0.717, 1.165) is 29.4 Å². The SMILES string of the molecule is COc1c(C)cc(S(=O)(=O)NCC2CCN(C(=O)c3cc4ccccc4o3)CC2)cc1C. The average molecular weight is 457 g/mol. The number of ether oxygens (including phenoxy) is 1. The summed E-state index contributed by atoms with van der Waals surface area (Å²) in [6.45, 7) is 5.16. The smallest absolute Gasteiger partial charge is 0.289 e. The van der Waals surface area contributed by atoms with Crippen LogP contribution in [-0.2, 0) is 10.0 Å². The van der Waals surface area contributed by atoms with Crippen molar-refractivity contribution in [3.8, 4) is 5.75 Å². The largest absolute Gasteiger partial charge is 0.496 e. The number of para-hydroxylation sites is 1. The Hall–Kier alpha value is -2.84. The Labute approximate surface area is 188 Å². The van der Waals surface area contributed by atoms with Crippen molar-refractivity contribution in [2.24, 2.45) is 5.92 Å². The predicted octanol–water partition coefficient (Wildman–Crippen LogP) is 3.89. The van der Waals surface area contributed by atoms with Gasteiger partial charge < -0.3 is 14.1 Å². The highest BCUT2D eigenvalue weighted by Gasteiger charge is 2.27. The van der Waals surface area contributed by atoms with Crippen molar-refractivity contribution in [2.75, 3.05) is 26.7 Å². The second-order valence-corrected chi connectivity index (χ2v) is 10.1. The van der Waals surface area contributed by atoms with Crippen molar-refractivity contribution in [3.63, 3.8) is 0 Å². The number of amides is 1. The van der Waals surface area contributed by atoms with Crippen LogP contribution in [0.2, 0.25) is 0 Å². The molecule has 3 aromatic rings. The Morgan fingerprint density at radius 1 is 1.12 bits per heavy atom. The molecule has 2 heterocycles. The van der Waals surface area contributed by atoms with Crippen molar-refractivity contribution in [1.82, 2.24) is 9.62 Å². The van der Waals surface area contributed by atoms with Crippen molar-refractivity contribution in [3.05, 3.63) is 59.4 Å². The van der Waals surface area contributed by atoms with Gasteiger partial charge in [0.05, 0.1) is 12.0 Å². The van der Waals surface area contributed by atoms with Gasteiger partial charge in [-0.25, -0.2) is 13.1 Å². The van der Waals surface area contributed by atoms with Crippen LogP contribution >= 0.6 is 0 Å². The van der Waals surface area contributed by atoms with E-state index < -0.39 is 10.0 Å². The molecule has 1 fully saturated rings. The second-order valence-electron chi connectivity index (χ2n) is 8.33. The number of aryl methyl sites for hydroxylation is 2. The van der Waals surface area contributed by atoms with Gasteiger partial charge in [-0.05, 0) is 68.0 Å². The van der Waals surface area contributed by atoms with Crippen LogP contribution in [0.15, 0.2) is 51.8 Å². The van der Waals surface area contributed by atoms with Crippen LogP contribution in [0.4, 0.5) is 0 Å². The van der Waals surface area contributed by atoms with Crippen LogP contribution in [0.25, 0.3) is 11.0 Å². The Morgan fingerprint density at radius 2 is 1.78 bits per heavy atom. The first-order chi connectivity index (χ1) is 15.3. The number of nitrogens with zero attached hydrogens (tertiary/aromatic N) is 1. The molecule has 1 aliphatic heterocycles. The molecular weight excluding hydrogens is 428 g/mol. The molecule has 0 spiro atoms. The first-order valence-corrected chi connectivity index (χ1v) is 12.2. The number of methoxy groups -OCH3 is 1. The zero-order valence-electron chi connectivity index (χ0n) is 18.6. The molecule has 0 unspecified atom stereocenters. The monoisotopic (exact) mass is 456 g/mol. The molecule has 1 aliphatic rings. The summed E-state index contributed by atoms with van der Waals surface area (Å²) in [7, 11) is -2.04. The maximum absolute atomic E-state index is 12.8. The lowest BCUT2D eigenvalue weighted by atomic mass is 9.97. The topological polar surface area (TPSA) is 88.9 Å². The number of benzene rings is 2. The first kappa shape index (κ1) is 22.4. The number of nitrogens with one attached hydrogen (secondary N) is 1. The number of hydrogen-bond acceptors (Lipinski definition) is 5. The van der Waals surface area contributed by atoms with Crippen LogP contribution in [0.3, 0.4) is 0 Å². The zero-order valence-corrected chi connectivity index (χ0v) is 19.4. The molecule has 0 radical (unpaired) electrons. The van der Waals surface area contributed by atoms with Gasteiger partial charge in [-0.3, -0.25) is 4.79 Å². The molecule has 0 aliphatic carbocycles. The van der Waals surface area contributed by atoms with Crippen LogP contribution in [0.1, 0.15) is 34.5 Å². The minimum atomic E-state index is -3.62. The molecule has 0 atom stereocenters. The quantitative estimate of drug-likeness (QED) is 0.608. The summed E-state index contributed by atoms with van der Waals surface area (Å²) in [5, 5.41) is 0.907. The van der Waals surface area contributed by atoms with Crippen LogP contribution < -0.4 is 9.46 Å². The molecule has 4 rings (SSSR count). The number of carbonyl (C=O) groups is 1. The summed E-state index contributed by atoms with van der Waals surface area (Å²) in [5.41, 5.74) is 2.26. The van der Waals surface area contributed by atoms with E-state index in [4.69, 9.17) is 9.15 Å². The molecule has 1 amide bonds. The number of hydrogen-bond donors (Lipinski definition) is 1. The number of furan rings is 1.